The number of aromatic nitrogens is 1. The molecular formula is C11H11NO5. The van der Waals surface area contributed by atoms with Gasteiger partial charge in [0, 0.05) is 6.07 Å². The predicted molar refractivity (Wildman–Crippen MR) is 56.1 cm³/mol. The average Bonchev–Trinajstić information content (AvgIpc) is 2.95. The van der Waals surface area contributed by atoms with Gasteiger partial charge in [-0.25, -0.2) is 4.79 Å². The lowest BCUT2D eigenvalue weighted by molar-refractivity contribution is -0.149. The molecule has 0 saturated carbocycles. The lowest BCUT2D eigenvalue weighted by Crippen LogP contribution is -2.19. The number of carbonyl (C=O) groups is 1. The number of rotatable bonds is 5. The Balaban J connectivity index is 1.97. The molecule has 0 spiro atoms. The molecule has 0 amide bonds. The minimum atomic E-state index is -1.01. The highest BCUT2D eigenvalue weighted by Crippen LogP contribution is 2.20. The summed E-state index contributed by atoms with van der Waals surface area (Å²) in [6.45, 7) is 1.54. The molecule has 1 atom stereocenters. The van der Waals surface area contributed by atoms with Crippen molar-refractivity contribution in [1.82, 2.24) is 5.16 Å². The second kappa shape index (κ2) is 4.84. The molecular weight excluding hydrogens is 226 g/mol. The van der Waals surface area contributed by atoms with Crippen molar-refractivity contribution >= 4 is 5.97 Å². The van der Waals surface area contributed by atoms with Gasteiger partial charge in [0.1, 0.15) is 5.69 Å². The number of ether oxygens (including phenoxy) is 1. The molecule has 0 radical (unpaired) electrons. The van der Waals surface area contributed by atoms with Gasteiger partial charge in [-0.1, -0.05) is 5.16 Å². The van der Waals surface area contributed by atoms with Crippen LogP contribution in [-0.4, -0.2) is 22.3 Å². The summed E-state index contributed by atoms with van der Waals surface area (Å²) in [6, 6.07) is 5.12. The Kier molecular flexibility index (Phi) is 3.24. The summed E-state index contributed by atoms with van der Waals surface area (Å²) < 4.78 is 15.2. The monoisotopic (exact) mass is 237 g/mol. The van der Waals surface area contributed by atoms with E-state index in [1.54, 1.807) is 18.2 Å². The first-order chi connectivity index (χ1) is 8.16. The Morgan fingerprint density at radius 3 is 3.06 bits per heavy atom. The van der Waals surface area contributed by atoms with Gasteiger partial charge in [-0.3, -0.25) is 0 Å². The van der Waals surface area contributed by atoms with E-state index in [-0.39, 0.29) is 6.61 Å². The van der Waals surface area contributed by atoms with Crippen LogP contribution in [0.4, 0.5) is 0 Å². The topological polar surface area (TPSA) is 85.7 Å². The number of hydrogen-bond acceptors (Lipinski definition) is 5. The van der Waals surface area contributed by atoms with E-state index in [2.05, 4.69) is 5.16 Å². The number of carboxylic acid groups (broad SMARTS) is 1. The molecule has 17 heavy (non-hydrogen) atoms. The number of nitrogens with zero attached hydrogens (tertiary/aromatic N) is 1. The fraction of sp³-hybridized carbons (Fsp3) is 0.273. The Bertz CT molecular complexity index is 488. The average molecular weight is 237 g/mol. The van der Waals surface area contributed by atoms with Gasteiger partial charge in [0.15, 0.2) is 11.9 Å². The van der Waals surface area contributed by atoms with Crippen molar-refractivity contribution in [2.75, 3.05) is 0 Å². The second-order valence-corrected chi connectivity index (χ2v) is 3.45. The van der Waals surface area contributed by atoms with E-state index in [9.17, 15) is 4.79 Å². The van der Waals surface area contributed by atoms with Crippen LogP contribution >= 0.6 is 0 Å². The van der Waals surface area contributed by atoms with Crippen molar-refractivity contribution in [2.45, 2.75) is 19.6 Å². The predicted octanol–water partition coefficient (Wildman–Crippen LogP) is 1.92. The standard InChI is InChI=1S/C11H11NO5/c1-7(11(13)14)16-6-8-5-10(17-12-8)9-3-2-4-15-9/h2-5,7H,6H2,1H3,(H,13,14)/t7-/m0/s1. The minimum absolute atomic E-state index is 0.0810. The molecule has 0 aliphatic carbocycles. The van der Waals surface area contributed by atoms with Gasteiger partial charge in [0.25, 0.3) is 0 Å². The summed E-state index contributed by atoms with van der Waals surface area (Å²) in [5.41, 5.74) is 0.518. The maximum Gasteiger partial charge on any atom is 0.332 e. The van der Waals surface area contributed by atoms with Crippen LogP contribution in [0.15, 0.2) is 33.4 Å². The number of carboxylic acids is 1. The minimum Gasteiger partial charge on any atom is -0.479 e. The SMILES string of the molecule is C[C@H](OCc1cc(-c2ccco2)on1)C(=O)O. The zero-order valence-corrected chi connectivity index (χ0v) is 9.12. The zero-order valence-electron chi connectivity index (χ0n) is 9.12. The highest BCUT2D eigenvalue weighted by Gasteiger charge is 2.13. The summed E-state index contributed by atoms with van der Waals surface area (Å²) in [6.07, 6.45) is 0.652. The zero-order chi connectivity index (χ0) is 12.3. The maximum absolute atomic E-state index is 10.5. The molecule has 0 aromatic carbocycles. The lowest BCUT2D eigenvalue weighted by Gasteiger charge is -2.05. The first-order valence-corrected chi connectivity index (χ1v) is 5.00. The number of aliphatic carboxylic acids is 1. The molecule has 2 aromatic rings. The van der Waals surface area contributed by atoms with E-state index in [1.807, 2.05) is 0 Å². The Labute approximate surface area is 96.8 Å². The van der Waals surface area contributed by atoms with Gasteiger partial charge in [-0.15, -0.1) is 0 Å². The largest absolute Gasteiger partial charge is 0.479 e. The normalized spacial score (nSPS) is 12.5. The van der Waals surface area contributed by atoms with Crippen LogP contribution in [0.1, 0.15) is 12.6 Å². The van der Waals surface area contributed by atoms with Crippen molar-refractivity contribution in [3.63, 3.8) is 0 Å². The second-order valence-electron chi connectivity index (χ2n) is 3.45. The molecule has 2 aromatic heterocycles. The highest BCUT2D eigenvalue weighted by atomic mass is 16.5. The molecule has 6 nitrogen and oxygen atoms in total. The van der Waals surface area contributed by atoms with Crippen LogP contribution in [-0.2, 0) is 16.1 Å². The molecule has 6 heteroatoms. The Morgan fingerprint density at radius 2 is 2.41 bits per heavy atom. The molecule has 2 heterocycles. The summed E-state index contributed by atoms with van der Waals surface area (Å²) in [4.78, 5) is 10.5. The molecule has 0 aliphatic rings. The van der Waals surface area contributed by atoms with Crippen LogP contribution in [0.2, 0.25) is 0 Å². The van der Waals surface area contributed by atoms with Crippen LogP contribution in [0, 0.1) is 0 Å². The molecule has 0 fully saturated rings. The van der Waals surface area contributed by atoms with Crippen LogP contribution < -0.4 is 0 Å². The van der Waals surface area contributed by atoms with E-state index in [4.69, 9.17) is 18.8 Å². The van der Waals surface area contributed by atoms with Crippen molar-refractivity contribution in [3.8, 4) is 11.5 Å². The lowest BCUT2D eigenvalue weighted by atomic mass is 10.3. The van der Waals surface area contributed by atoms with Crippen molar-refractivity contribution in [1.29, 1.82) is 0 Å². The van der Waals surface area contributed by atoms with Crippen molar-refractivity contribution in [3.05, 3.63) is 30.2 Å². The Hall–Kier alpha value is -2.08. The molecule has 0 bridgehead atoms. The van der Waals surface area contributed by atoms with Gasteiger partial charge in [-0.2, -0.15) is 0 Å². The fourth-order valence-corrected chi connectivity index (χ4v) is 1.20. The summed E-state index contributed by atoms with van der Waals surface area (Å²) in [7, 11) is 0. The van der Waals surface area contributed by atoms with Gasteiger partial charge in [0.2, 0.25) is 5.76 Å². The van der Waals surface area contributed by atoms with Crippen LogP contribution in [0.3, 0.4) is 0 Å². The number of furan rings is 1. The molecule has 0 saturated heterocycles. The van der Waals surface area contributed by atoms with Gasteiger partial charge in [0.05, 0.1) is 12.9 Å². The molecule has 90 valence electrons. The van der Waals surface area contributed by atoms with Crippen LogP contribution in [0.25, 0.3) is 11.5 Å². The van der Waals surface area contributed by atoms with Gasteiger partial charge >= 0.3 is 5.97 Å². The first-order valence-electron chi connectivity index (χ1n) is 5.00. The molecule has 0 unspecified atom stereocenters. The maximum atomic E-state index is 10.5. The smallest absolute Gasteiger partial charge is 0.332 e. The summed E-state index contributed by atoms with van der Waals surface area (Å²) in [5, 5.41) is 12.4. The van der Waals surface area contributed by atoms with Crippen molar-refractivity contribution < 1.29 is 23.6 Å². The third kappa shape index (κ3) is 2.73. The summed E-state index contributed by atoms with van der Waals surface area (Å²) >= 11 is 0. The van der Waals surface area contributed by atoms with E-state index in [0.29, 0.717) is 17.2 Å². The van der Waals surface area contributed by atoms with Crippen LogP contribution in [0.5, 0.6) is 0 Å². The van der Waals surface area contributed by atoms with Gasteiger partial charge in [-0.05, 0) is 19.1 Å². The highest BCUT2D eigenvalue weighted by molar-refractivity contribution is 5.71. The van der Waals surface area contributed by atoms with Crippen molar-refractivity contribution in [2.24, 2.45) is 0 Å². The fourth-order valence-electron chi connectivity index (χ4n) is 1.20. The third-order valence-electron chi connectivity index (χ3n) is 2.15. The number of hydrogen-bond donors (Lipinski definition) is 1. The van der Waals surface area contributed by atoms with E-state index in [1.165, 1.54) is 13.2 Å². The van der Waals surface area contributed by atoms with Gasteiger partial charge < -0.3 is 18.8 Å². The molecule has 2 rings (SSSR count). The first kappa shape index (κ1) is 11.4. The van der Waals surface area contributed by atoms with E-state index >= 15 is 0 Å². The summed E-state index contributed by atoms with van der Waals surface area (Å²) in [5.74, 6) is 0.0337. The molecule has 0 aliphatic heterocycles. The Morgan fingerprint density at radius 1 is 1.59 bits per heavy atom. The van der Waals surface area contributed by atoms with E-state index in [0.717, 1.165) is 0 Å². The third-order valence-corrected chi connectivity index (χ3v) is 2.15. The quantitative estimate of drug-likeness (QED) is 0.854. The van der Waals surface area contributed by atoms with E-state index < -0.39 is 12.1 Å². The molecule has 1 N–H and O–H groups in total.